The number of oxazole rings is 1. The zero-order chi connectivity index (χ0) is 22.9. The van der Waals surface area contributed by atoms with Gasteiger partial charge in [-0.25, -0.2) is 15.0 Å². The van der Waals surface area contributed by atoms with E-state index in [9.17, 15) is 4.79 Å². The van der Waals surface area contributed by atoms with E-state index in [-0.39, 0.29) is 16.7 Å². The van der Waals surface area contributed by atoms with Crippen LogP contribution in [0.4, 0.5) is 5.95 Å². The number of carbonyl (C=O) groups is 1. The third-order valence-corrected chi connectivity index (χ3v) is 7.14. The van der Waals surface area contributed by atoms with Crippen molar-refractivity contribution >= 4 is 11.9 Å². The predicted octanol–water partition coefficient (Wildman–Crippen LogP) is 2.88. The fourth-order valence-corrected chi connectivity index (χ4v) is 4.93. The molecule has 0 unspecified atom stereocenters. The molecule has 8 nitrogen and oxygen atoms in total. The molecule has 1 N–H and O–H groups in total. The summed E-state index contributed by atoms with van der Waals surface area (Å²) in [5.74, 6) is 1.14. The molecule has 3 aromatic rings. The van der Waals surface area contributed by atoms with Crippen LogP contribution in [0.1, 0.15) is 42.2 Å². The Hall–Kier alpha value is -3.26. The first-order chi connectivity index (χ1) is 16.0. The number of rotatable bonds is 7. The fraction of sp³-hybridized carbons (Fsp3) is 0.440. The highest BCUT2D eigenvalue weighted by molar-refractivity contribution is 5.92. The molecule has 1 saturated carbocycles. The molecular formula is C25H30N6O2. The number of nitrogens with zero attached hydrogens (tertiary/aromatic N) is 5. The van der Waals surface area contributed by atoms with E-state index >= 15 is 0 Å². The van der Waals surface area contributed by atoms with Crippen molar-refractivity contribution in [2.75, 3.05) is 37.6 Å². The van der Waals surface area contributed by atoms with Gasteiger partial charge >= 0.3 is 0 Å². The summed E-state index contributed by atoms with van der Waals surface area (Å²) in [6.07, 6.45) is 6.04. The van der Waals surface area contributed by atoms with Crippen LogP contribution in [0, 0.1) is 5.41 Å². The molecule has 1 aliphatic heterocycles. The molecule has 0 radical (unpaired) electrons. The highest BCUT2D eigenvalue weighted by atomic mass is 16.3. The van der Waals surface area contributed by atoms with Crippen LogP contribution in [0.2, 0.25) is 0 Å². The molecule has 1 aliphatic carbocycles. The summed E-state index contributed by atoms with van der Waals surface area (Å²) in [4.78, 5) is 30.3. The Morgan fingerprint density at radius 1 is 1.06 bits per heavy atom. The molecule has 33 heavy (non-hydrogen) atoms. The Kier molecular flexibility index (Phi) is 5.62. The van der Waals surface area contributed by atoms with Gasteiger partial charge in [-0.3, -0.25) is 9.69 Å². The summed E-state index contributed by atoms with van der Waals surface area (Å²) in [6, 6.07) is 12.3. The molecule has 2 aliphatic rings. The zero-order valence-corrected chi connectivity index (χ0v) is 19.2. The monoisotopic (exact) mass is 446 g/mol. The largest absolute Gasteiger partial charge is 0.447 e. The number of amides is 1. The van der Waals surface area contributed by atoms with E-state index in [4.69, 9.17) is 4.42 Å². The van der Waals surface area contributed by atoms with Crippen LogP contribution >= 0.6 is 0 Å². The van der Waals surface area contributed by atoms with E-state index in [1.807, 2.05) is 12.1 Å². The van der Waals surface area contributed by atoms with Crippen LogP contribution in [-0.4, -0.2) is 58.5 Å². The highest BCUT2D eigenvalue weighted by Crippen LogP contribution is 2.63. The quantitative estimate of drug-likeness (QED) is 0.597. The number of carbonyl (C=O) groups excluding carboxylic acids is 1. The molecular weight excluding hydrogens is 416 g/mol. The van der Waals surface area contributed by atoms with Gasteiger partial charge in [-0.1, -0.05) is 44.2 Å². The van der Waals surface area contributed by atoms with Gasteiger partial charge in [-0.15, -0.1) is 0 Å². The smallest absolute Gasteiger partial charge is 0.273 e. The number of anilines is 1. The normalized spacial score (nSPS) is 22.2. The number of piperazine rings is 1. The first kappa shape index (κ1) is 21.6. The number of nitrogens with one attached hydrogen (secondary N) is 1. The maximum Gasteiger partial charge on any atom is 0.273 e. The lowest BCUT2D eigenvalue weighted by Gasteiger charge is -2.33. The predicted molar refractivity (Wildman–Crippen MR) is 125 cm³/mol. The van der Waals surface area contributed by atoms with Gasteiger partial charge in [0.25, 0.3) is 5.91 Å². The number of aromatic nitrogens is 3. The minimum absolute atomic E-state index is 0.0291. The Balaban J connectivity index is 1.15. The third-order valence-electron chi connectivity index (χ3n) is 7.14. The van der Waals surface area contributed by atoms with Crippen LogP contribution in [0.5, 0.6) is 0 Å². The van der Waals surface area contributed by atoms with Gasteiger partial charge in [0.2, 0.25) is 11.8 Å². The second kappa shape index (κ2) is 8.59. The number of benzene rings is 1. The van der Waals surface area contributed by atoms with Crippen molar-refractivity contribution in [2.45, 2.75) is 32.2 Å². The molecule has 172 valence electrons. The van der Waals surface area contributed by atoms with Crippen molar-refractivity contribution < 1.29 is 9.21 Å². The van der Waals surface area contributed by atoms with Crippen LogP contribution in [-0.2, 0) is 12.0 Å². The molecule has 0 bridgehead atoms. The summed E-state index contributed by atoms with van der Waals surface area (Å²) < 4.78 is 5.62. The molecule has 5 rings (SSSR count). The second-order valence-electron chi connectivity index (χ2n) is 9.63. The van der Waals surface area contributed by atoms with E-state index in [1.165, 1.54) is 11.8 Å². The summed E-state index contributed by atoms with van der Waals surface area (Å²) >= 11 is 0. The SMILES string of the molecule is CC1(C)C[C@]1(CNC(=O)c1coc(CN2CCN(c3ncccn3)CC2)n1)c1ccccc1. The van der Waals surface area contributed by atoms with Crippen LogP contribution in [0.15, 0.2) is 59.5 Å². The van der Waals surface area contributed by atoms with Gasteiger partial charge in [0.1, 0.15) is 6.26 Å². The lowest BCUT2D eigenvalue weighted by atomic mass is 9.88. The average molecular weight is 447 g/mol. The van der Waals surface area contributed by atoms with E-state index in [0.29, 0.717) is 24.7 Å². The Morgan fingerprint density at radius 2 is 1.76 bits per heavy atom. The zero-order valence-electron chi connectivity index (χ0n) is 19.2. The third kappa shape index (κ3) is 4.35. The lowest BCUT2D eigenvalue weighted by Crippen LogP contribution is -2.46. The summed E-state index contributed by atoms with van der Waals surface area (Å²) in [6.45, 7) is 9.08. The molecule has 1 aromatic carbocycles. The highest BCUT2D eigenvalue weighted by Gasteiger charge is 2.61. The van der Waals surface area contributed by atoms with Crippen LogP contribution in [0.25, 0.3) is 0 Å². The molecule has 2 aromatic heterocycles. The van der Waals surface area contributed by atoms with Crippen molar-refractivity contribution in [3.05, 3.63) is 72.2 Å². The van der Waals surface area contributed by atoms with Crippen molar-refractivity contribution in [1.82, 2.24) is 25.2 Å². The van der Waals surface area contributed by atoms with Crippen LogP contribution < -0.4 is 10.2 Å². The second-order valence-corrected chi connectivity index (χ2v) is 9.63. The summed E-state index contributed by atoms with van der Waals surface area (Å²) in [5, 5.41) is 3.10. The molecule has 8 heteroatoms. The summed E-state index contributed by atoms with van der Waals surface area (Å²) in [7, 11) is 0. The van der Waals surface area contributed by atoms with E-state index < -0.39 is 0 Å². The molecule has 1 amide bonds. The topological polar surface area (TPSA) is 87.4 Å². The summed E-state index contributed by atoms with van der Waals surface area (Å²) in [5.41, 5.74) is 1.74. The number of hydrogen-bond donors (Lipinski definition) is 1. The van der Waals surface area contributed by atoms with Gasteiger partial charge in [-0.05, 0) is 23.5 Å². The standard InChI is InChI=1S/C25H30N6O2/c1-24(2)17-25(24,19-7-4-3-5-8-19)18-28-22(32)20-16-33-21(29-20)15-30-11-13-31(14-12-30)23-26-9-6-10-27-23/h3-10,16H,11-15,17-18H2,1-2H3,(H,28,32)/t25-/m0/s1. The van der Waals surface area contributed by atoms with Crippen LogP contribution in [0.3, 0.4) is 0 Å². The van der Waals surface area contributed by atoms with Gasteiger partial charge in [0.05, 0.1) is 6.54 Å². The Morgan fingerprint density at radius 3 is 2.42 bits per heavy atom. The van der Waals surface area contributed by atoms with Crippen molar-refractivity contribution in [3.8, 4) is 0 Å². The van der Waals surface area contributed by atoms with Crippen molar-refractivity contribution in [2.24, 2.45) is 5.41 Å². The Labute approximate surface area is 194 Å². The Bertz CT molecular complexity index is 1090. The maximum atomic E-state index is 12.8. The van der Waals surface area contributed by atoms with E-state index in [0.717, 1.165) is 38.5 Å². The van der Waals surface area contributed by atoms with Gasteiger partial charge in [-0.2, -0.15) is 0 Å². The van der Waals surface area contributed by atoms with E-state index in [1.54, 1.807) is 12.4 Å². The van der Waals surface area contributed by atoms with Crippen molar-refractivity contribution in [1.29, 1.82) is 0 Å². The fourth-order valence-electron chi connectivity index (χ4n) is 4.93. The minimum Gasteiger partial charge on any atom is -0.447 e. The van der Waals surface area contributed by atoms with Gasteiger partial charge < -0.3 is 14.6 Å². The van der Waals surface area contributed by atoms with E-state index in [2.05, 4.69) is 68.2 Å². The average Bonchev–Trinajstić information content (AvgIpc) is 3.16. The number of hydrogen-bond acceptors (Lipinski definition) is 7. The first-order valence-corrected chi connectivity index (χ1v) is 11.5. The molecule has 2 fully saturated rings. The molecule has 0 spiro atoms. The first-order valence-electron chi connectivity index (χ1n) is 11.5. The molecule has 1 saturated heterocycles. The minimum atomic E-state index is -0.186. The maximum absolute atomic E-state index is 12.8. The molecule has 1 atom stereocenters. The van der Waals surface area contributed by atoms with Crippen molar-refractivity contribution in [3.63, 3.8) is 0 Å². The lowest BCUT2D eigenvalue weighted by molar-refractivity contribution is 0.0943. The van der Waals surface area contributed by atoms with Gasteiger partial charge in [0.15, 0.2) is 5.69 Å². The van der Waals surface area contributed by atoms with Gasteiger partial charge in [0, 0.05) is 50.5 Å². The molecule has 3 heterocycles.